The molecule has 3 rings (SSSR count). The summed E-state index contributed by atoms with van der Waals surface area (Å²) in [4.78, 5) is 36.6. The minimum atomic E-state index is -0.918. The van der Waals surface area contributed by atoms with Crippen LogP contribution in [0.4, 0.5) is 11.4 Å². The Kier molecular flexibility index (Phi) is 5.35. The van der Waals surface area contributed by atoms with Crippen molar-refractivity contribution < 1.29 is 14.3 Å². The number of hydrogen-bond acceptors (Lipinski definition) is 6. The third kappa shape index (κ3) is 3.83. The molecule has 1 atom stereocenters. The highest BCUT2D eigenvalue weighted by atomic mass is 16.5. The van der Waals surface area contributed by atoms with Gasteiger partial charge in [0.1, 0.15) is 17.3 Å². The number of nitrogens with zero attached hydrogens (tertiary/aromatic N) is 3. The smallest absolute Gasteiger partial charge is 0.278 e. The van der Waals surface area contributed by atoms with Crippen molar-refractivity contribution in [2.24, 2.45) is 0 Å². The highest BCUT2D eigenvalue weighted by molar-refractivity contribution is 5.96. The third-order valence-electron chi connectivity index (χ3n) is 4.12. The Balaban J connectivity index is 1.90. The van der Waals surface area contributed by atoms with Crippen molar-refractivity contribution in [1.82, 2.24) is 15.0 Å². The van der Waals surface area contributed by atoms with Gasteiger partial charge in [0.15, 0.2) is 0 Å². The molecular weight excluding hydrogens is 362 g/mol. The molecule has 0 radical (unpaired) electrons. The number of carbonyl (C=O) groups excluding carboxylic acids is 2. The molecule has 0 unspecified atom stereocenters. The van der Waals surface area contributed by atoms with Gasteiger partial charge in [0, 0.05) is 12.6 Å². The van der Waals surface area contributed by atoms with Crippen LogP contribution in [0.1, 0.15) is 19.9 Å². The van der Waals surface area contributed by atoms with Crippen molar-refractivity contribution in [3.8, 4) is 5.75 Å². The summed E-state index contributed by atoms with van der Waals surface area (Å²) < 4.78 is 6.28. The molecule has 0 saturated carbocycles. The molecule has 0 fully saturated rings. The van der Waals surface area contributed by atoms with E-state index in [0.717, 1.165) is 4.68 Å². The number of carbonyl (C=O) groups is 2. The van der Waals surface area contributed by atoms with Crippen LogP contribution >= 0.6 is 0 Å². The summed E-state index contributed by atoms with van der Waals surface area (Å²) in [6, 6.07) is 10.7. The Morgan fingerprint density at radius 1 is 1.14 bits per heavy atom. The highest BCUT2D eigenvalue weighted by Gasteiger charge is 2.20. The van der Waals surface area contributed by atoms with Gasteiger partial charge in [0.25, 0.3) is 5.56 Å². The molecule has 0 aliphatic carbocycles. The van der Waals surface area contributed by atoms with Crippen LogP contribution in [-0.4, -0.2) is 33.9 Å². The molecule has 2 aromatic carbocycles. The Morgan fingerprint density at radius 3 is 2.61 bits per heavy atom. The van der Waals surface area contributed by atoms with E-state index in [0.29, 0.717) is 28.0 Å². The summed E-state index contributed by atoms with van der Waals surface area (Å²) in [5, 5.41) is 13.6. The maximum Gasteiger partial charge on any atom is 0.278 e. The number of anilines is 2. The average molecular weight is 381 g/mol. The number of methoxy groups -OCH3 is 1. The van der Waals surface area contributed by atoms with E-state index in [1.165, 1.54) is 14.0 Å². The molecule has 2 N–H and O–H groups in total. The zero-order valence-electron chi connectivity index (χ0n) is 15.6. The summed E-state index contributed by atoms with van der Waals surface area (Å²) in [6.07, 6.45) is 0. The first-order chi connectivity index (χ1) is 13.4. The number of benzene rings is 2. The van der Waals surface area contributed by atoms with Gasteiger partial charge in [-0.1, -0.05) is 17.3 Å². The van der Waals surface area contributed by atoms with Crippen molar-refractivity contribution in [2.45, 2.75) is 19.9 Å². The lowest BCUT2D eigenvalue weighted by Crippen LogP contribution is -2.34. The molecule has 9 nitrogen and oxygen atoms in total. The van der Waals surface area contributed by atoms with Gasteiger partial charge in [-0.05, 0) is 37.3 Å². The second-order valence-corrected chi connectivity index (χ2v) is 6.12. The molecule has 0 aliphatic heterocycles. The topological polar surface area (TPSA) is 115 Å². The maximum atomic E-state index is 12.7. The van der Waals surface area contributed by atoms with Crippen LogP contribution < -0.4 is 20.9 Å². The first kappa shape index (κ1) is 19.0. The summed E-state index contributed by atoms with van der Waals surface area (Å²) in [6.45, 7) is 2.93. The Morgan fingerprint density at radius 2 is 1.89 bits per heavy atom. The zero-order chi connectivity index (χ0) is 20.3. The molecule has 1 aromatic heterocycles. The van der Waals surface area contributed by atoms with E-state index < -0.39 is 17.5 Å². The normalized spacial score (nSPS) is 11.7. The lowest BCUT2D eigenvalue weighted by atomic mass is 10.2. The van der Waals surface area contributed by atoms with E-state index >= 15 is 0 Å². The first-order valence-corrected chi connectivity index (χ1v) is 8.51. The van der Waals surface area contributed by atoms with Crippen molar-refractivity contribution in [1.29, 1.82) is 0 Å². The Hall–Kier alpha value is -3.75. The Labute approximate surface area is 160 Å². The molecule has 9 heteroatoms. The van der Waals surface area contributed by atoms with E-state index in [-0.39, 0.29) is 5.91 Å². The van der Waals surface area contributed by atoms with Crippen LogP contribution in [0.3, 0.4) is 0 Å². The fourth-order valence-corrected chi connectivity index (χ4v) is 2.69. The molecule has 0 bridgehead atoms. The third-order valence-corrected chi connectivity index (χ3v) is 4.12. The van der Waals surface area contributed by atoms with Gasteiger partial charge in [-0.3, -0.25) is 14.4 Å². The number of nitrogens with one attached hydrogen (secondary N) is 2. The number of ether oxygens (including phenoxy) is 1. The number of hydrogen-bond donors (Lipinski definition) is 2. The first-order valence-electron chi connectivity index (χ1n) is 8.51. The summed E-state index contributed by atoms with van der Waals surface area (Å²) in [5.41, 5.74) is 0.902. The second kappa shape index (κ2) is 7.87. The van der Waals surface area contributed by atoms with Crippen molar-refractivity contribution in [2.75, 3.05) is 17.7 Å². The highest BCUT2D eigenvalue weighted by Crippen LogP contribution is 2.28. The predicted molar refractivity (Wildman–Crippen MR) is 104 cm³/mol. The molecule has 144 valence electrons. The van der Waals surface area contributed by atoms with Crippen molar-refractivity contribution in [3.05, 3.63) is 52.8 Å². The fourth-order valence-electron chi connectivity index (χ4n) is 2.69. The van der Waals surface area contributed by atoms with Crippen LogP contribution in [0, 0.1) is 0 Å². The van der Waals surface area contributed by atoms with E-state index in [4.69, 9.17) is 4.74 Å². The monoisotopic (exact) mass is 381 g/mol. The van der Waals surface area contributed by atoms with Crippen LogP contribution in [-0.2, 0) is 9.59 Å². The van der Waals surface area contributed by atoms with Crippen LogP contribution in [0.5, 0.6) is 5.75 Å². The summed E-state index contributed by atoms with van der Waals surface area (Å²) in [7, 11) is 1.46. The van der Waals surface area contributed by atoms with E-state index in [9.17, 15) is 14.4 Å². The summed E-state index contributed by atoms with van der Waals surface area (Å²) >= 11 is 0. The van der Waals surface area contributed by atoms with E-state index in [2.05, 4.69) is 20.9 Å². The number of fused-ring (bicyclic) bond motifs is 1. The lowest BCUT2D eigenvalue weighted by Gasteiger charge is -2.16. The van der Waals surface area contributed by atoms with Crippen LogP contribution in [0.25, 0.3) is 10.9 Å². The van der Waals surface area contributed by atoms with Gasteiger partial charge in [0.2, 0.25) is 11.8 Å². The zero-order valence-corrected chi connectivity index (χ0v) is 15.6. The molecule has 0 spiro atoms. The standard InChI is InChI=1S/C19H19N5O4/c1-11(24-19(27)14-6-4-5-7-15(14)22-23-24)18(26)21-16-10-13(20-12(2)25)8-9-17(16)28-3/h4-11H,1-3H3,(H,20,25)(H,21,26)/t11-/m0/s1. The average Bonchev–Trinajstić information content (AvgIpc) is 2.68. The minimum Gasteiger partial charge on any atom is -0.495 e. The molecule has 3 aromatic rings. The number of amides is 2. The van der Waals surface area contributed by atoms with Crippen LogP contribution in [0.15, 0.2) is 47.3 Å². The fraction of sp³-hybridized carbons (Fsp3) is 0.211. The van der Waals surface area contributed by atoms with Crippen LogP contribution in [0.2, 0.25) is 0 Å². The van der Waals surface area contributed by atoms with Crippen molar-refractivity contribution >= 4 is 34.1 Å². The molecule has 0 aliphatic rings. The van der Waals surface area contributed by atoms with Gasteiger partial charge in [-0.2, -0.15) is 4.68 Å². The number of rotatable bonds is 5. The number of aromatic nitrogens is 3. The van der Waals surface area contributed by atoms with Gasteiger partial charge in [0.05, 0.1) is 18.2 Å². The van der Waals surface area contributed by atoms with E-state index in [1.54, 1.807) is 49.4 Å². The van der Waals surface area contributed by atoms with Gasteiger partial charge >= 0.3 is 0 Å². The SMILES string of the molecule is COc1ccc(NC(C)=O)cc1NC(=O)[C@H](C)n1nnc2ccccc2c1=O. The Bertz CT molecular complexity index is 1110. The molecular formula is C19H19N5O4. The molecule has 0 saturated heterocycles. The largest absolute Gasteiger partial charge is 0.495 e. The summed E-state index contributed by atoms with van der Waals surface area (Å²) in [5.74, 6) is -0.314. The van der Waals surface area contributed by atoms with E-state index in [1.807, 2.05) is 0 Å². The molecule has 28 heavy (non-hydrogen) atoms. The second-order valence-electron chi connectivity index (χ2n) is 6.12. The maximum absolute atomic E-state index is 12.7. The molecule has 1 heterocycles. The van der Waals surface area contributed by atoms with Crippen molar-refractivity contribution in [3.63, 3.8) is 0 Å². The van der Waals surface area contributed by atoms with Gasteiger partial charge < -0.3 is 15.4 Å². The van der Waals surface area contributed by atoms with Gasteiger partial charge in [-0.25, -0.2) is 0 Å². The quantitative estimate of drug-likeness (QED) is 0.698. The molecule has 2 amide bonds. The minimum absolute atomic E-state index is 0.242. The predicted octanol–water partition coefficient (Wildman–Crippen LogP) is 1.96. The lowest BCUT2D eigenvalue weighted by molar-refractivity contribution is -0.119. The van der Waals surface area contributed by atoms with Gasteiger partial charge in [-0.15, -0.1) is 5.10 Å².